The molecule has 0 radical (unpaired) electrons. The van der Waals surface area contributed by atoms with E-state index in [9.17, 15) is 0 Å². The lowest BCUT2D eigenvalue weighted by Gasteiger charge is -2.10. The van der Waals surface area contributed by atoms with Crippen LogP contribution in [0.4, 0.5) is 0 Å². The molecule has 15 heteroatoms. The smallest absolute Gasteiger partial charge is 0.137 e. The Morgan fingerprint density at radius 3 is 1.10 bits per heavy atom. The fourth-order valence-electron chi connectivity index (χ4n) is 15.3. The van der Waals surface area contributed by atoms with Gasteiger partial charge in [0, 0.05) is 68.1 Å². The van der Waals surface area contributed by atoms with E-state index < -0.39 is 0 Å². The molecular formula is C99H62N12S3. The summed E-state index contributed by atoms with van der Waals surface area (Å²) in [4.78, 5) is 45.9. The van der Waals surface area contributed by atoms with Gasteiger partial charge in [0.25, 0.3) is 0 Å². The fourth-order valence-corrected chi connectivity index (χ4v) is 18.2. The van der Waals surface area contributed by atoms with E-state index in [0.29, 0.717) is 0 Å². The number of hydrogen-bond acceptors (Lipinski definition) is 12. The molecule has 0 bridgehead atoms. The first kappa shape index (κ1) is 67.5. The summed E-state index contributed by atoms with van der Waals surface area (Å²) in [7, 11) is 0. The van der Waals surface area contributed by atoms with Crippen LogP contribution in [0, 0.1) is 0 Å². The molecule has 12 heterocycles. The number of aromatic nitrogens is 12. The standard InChI is InChI=1S/2C33H20N4S.C33H22N4S/c1-2-14-26-25(13-1)31-32(37-18-6-5-17-29(37)36-31)30(34-26)23-11-7-9-21(19-23)22-10-8-12-24(20-22)33-35-27-15-3-4-16-28(27)38-33;1-2-11-26-25(10-1)31-32(37-19-6-5-14-29(37)36-31)30(34-26)24-9-7-8-23(20-24)21-15-17-22(18-16-21)33-35-27-12-3-4-13-28(27)38-33;1-2-26-28(38-33(35-26)23-12-4-3-5-13-23)19-18-22-11-10-14-24(21-22)30-32-31(25-15-6-7-16-27(25)34-30)36-29-17-8-9-20-37(29)32/h2*1-20H;2-21H,1H2/b;;19-18+. The van der Waals surface area contributed by atoms with Crippen LogP contribution < -0.4 is 0 Å². The van der Waals surface area contributed by atoms with Crippen molar-refractivity contribution in [2.45, 2.75) is 0 Å². The molecule has 23 aromatic rings. The van der Waals surface area contributed by atoms with Gasteiger partial charge in [-0.1, -0.05) is 237 Å². The quantitative estimate of drug-likeness (QED) is 0.124. The molecule has 23 rings (SSSR count). The molecular weight excluding hydrogens is 1450 g/mol. The van der Waals surface area contributed by atoms with Crippen molar-refractivity contribution < 1.29 is 0 Å². The monoisotopic (exact) mass is 1510 g/mol. The van der Waals surface area contributed by atoms with Crippen molar-refractivity contribution in [1.82, 2.24) is 58.1 Å². The Morgan fingerprint density at radius 1 is 0.254 bits per heavy atom. The summed E-state index contributed by atoms with van der Waals surface area (Å²) < 4.78 is 8.83. The van der Waals surface area contributed by atoms with E-state index in [0.717, 1.165) is 198 Å². The second-order valence-corrected chi connectivity index (χ2v) is 30.8. The maximum Gasteiger partial charge on any atom is 0.137 e. The Kier molecular flexibility index (Phi) is 17.0. The molecule has 12 aromatic heterocycles. The number of para-hydroxylation sites is 5. The molecule has 0 amide bonds. The Bertz CT molecular complexity index is 7670. The van der Waals surface area contributed by atoms with Crippen molar-refractivity contribution >= 4 is 155 Å². The summed E-state index contributed by atoms with van der Waals surface area (Å²) in [6.45, 7) is 3.97. The predicted octanol–water partition coefficient (Wildman–Crippen LogP) is 25.9. The molecule has 11 aromatic carbocycles. The number of benzene rings is 11. The number of fused-ring (bicyclic) bond motifs is 17. The highest BCUT2D eigenvalue weighted by molar-refractivity contribution is 7.22. The summed E-state index contributed by atoms with van der Waals surface area (Å²) in [5.74, 6) is 0. The minimum atomic E-state index is 0.893. The Balaban J connectivity index is 0.000000107. The van der Waals surface area contributed by atoms with Gasteiger partial charge in [-0.2, -0.15) is 0 Å². The van der Waals surface area contributed by atoms with Crippen LogP contribution in [0.2, 0.25) is 0 Å². The molecule has 0 atom stereocenters. The number of pyridine rings is 6. The van der Waals surface area contributed by atoms with Crippen LogP contribution in [0.25, 0.3) is 209 Å². The largest absolute Gasteiger partial charge is 0.298 e. The molecule has 0 fully saturated rings. The summed E-state index contributed by atoms with van der Waals surface area (Å²) in [5, 5.41) is 6.26. The van der Waals surface area contributed by atoms with Gasteiger partial charge in [-0.3, -0.25) is 13.2 Å². The molecule has 0 aliphatic carbocycles. The number of hydrogen-bond donors (Lipinski definition) is 0. The Morgan fingerprint density at radius 2 is 0.614 bits per heavy atom. The normalized spacial score (nSPS) is 11.7. The zero-order valence-corrected chi connectivity index (χ0v) is 63.4. The maximum atomic E-state index is 5.15. The van der Waals surface area contributed by atoms with Crippen molar-refractivity contribution in [3.05, 3.63) is 369 Å². The van der Waals surface area contributed by atoms with Crippen LogP contribution in [0.5, 0.6) is 0 Å². The molecule has 0 N–H and O–H groups in total. The third-order valence-electron chi connectivity index (χ3n) is 20.7. The molecule has 114 heavy (non-hydrogen) atoms. The van der Waals surface area contributed by atoms with Gasteiger partial charge in [-0.05, 0) is 143 Å². The van der Waals surface area contributed by atoms with Gasteiger partial charge in [0.1, 0.15) is 48.5 Å². The van der Waals surface area contributed by atoms with Gasteiger partial charge in [-0.15, -0.1) is 34.0 Å². The number of thiazole rings is 3. The Labute approximate surface area is 665 Å². The first-order valence-electron chi connectivity index (χ1n) is 37.5. The van der Waals surface area contributed by atoms with Crippen LogP contribution >= 0.6 is 34.0 Å². The molecule has 0 saturated heterocycles. The van der Waals surface area contributed by atoms with Gasteiger partial charge >= 0.3 is 0 Å². The van der Waals surface area contributed by atoms with Gasteiger partial charge in [0.15, 0.2) is 0 Å². The Hall–Kier alpha value is -14.6. The third-order valence-corrected chi connectivity index (χ3v) is 23.9. The molecule has 536 valence electrons. The summed E-state index contributed by atoms with van der Waals surface area (Å²) in [6.07, 6.45) is 12.3. The van der Waals surface area contributed by atoms with Crippen LogP contribution in [0.15, 0.2) is 353 Å². The first-order chi connectivity index (χ1) is 56.4. The number of imidazole rings is 3. The topological polar surface area (TPSA) is 129 Å². The van der Waals surface area contributed by atoms with Gasteiger partial charge in [-0.25, -0.2) is 44.9 Å². The zero-order valence-electron chi connectivity index (χ0n) is 60.9. The molecule has 0 aliphatic heterocycles. The van der Waals surface area contributed by atoms with Crippen molar-refractivity contribution in [2.24, 2.45) is 0 Å². The van der Waals surface area contributed by atoms with Crippen molar-refractivity contribution in [3.8, 4) is 87.7 Å². The van der Waals surface area contributed by atoms with Crippen LogP contribution in [-0.2, 0) is 0 Å². The lowest BCUT2D eigenvalue weighted by molar-refractivity contribution is 1.22. The lowest BCUT2D eigenvalue weighted by Crippen LogP contribution is -1.92. The van der Waals surface area contributed by atoms with E-state index in [1.165, 1.54) is 9.40 Å². The SMILES string of the molecule is C=Cc1nc(-c2ccccc2)sc1/C=C/c1cccc(-c2nc3ccccc3c3nc4ccccn4c23)c1.c1cc(-c2ccc(-c3nc4ccccc4s3)cc2)cc(-c2nc3ccccc3c3nc4ccccn4c23)c1.c1cc(-c2cccc(-c3nc4ccccc4c4nc5ccccn5c34)c2)cc(-c2nc3ccccc3s2)c1. The number of rotatable bonds is 11. The number of nitrogens with zero attached hydrogens (tertiary/aromatic N) is 12. The minimum Gasteiger partial charge on any atom is -0.298 e. The van der Waals surface area contributed by atoms with E-state index in [4.69, 9.17) is 44.9 Å². The highest BCUT2D eigenvalue weighted by Crippen LogP contribution is 2.41. The second kappa shape index (κ2) is 28.7. The summed E-state index contributed by atoms with van der Waals surface area (Å²) in [6, 6.07) is 113. The average molecular weight is 1520 g/mol. The summed E-state index contributed by atoms with van der Waals surface area (Å²) >= 11 is 5.13. The van der Waals surface area contributed by atoms with Gasteiger partial charge in [0.2, 0.25) is 0 Å². The minimum absolute atomic E-state index is 0.893. The van der Waals surface area contributed by atoms with Crippen LogP contribution in [0.1, 0.15) is 16.1 Å². The highest BCUT2D eigenvalue weighted by Gasteiger charge is 2.22. The van der Waals surface area contributed by atoms with Crippen molar-refractivity contribution in [3.63, 3.8) is 0 Å². The second-order valence-electron chi connectivity index (χ2n) is 27.7. The maximum absolute atomic E-state index is 5.15. The van der Waals surface area contributed by atoms with E-state index in [1.807, 2.05) is 127 Å². The first-order valence-corrected chi connectivity index (χ1v) is 39.9. The molecule has 12 nitrogen and oxygen atoms in total. The van der Waals surface area contributed by atoms with E-state index in [-0.39, 0.29) is 0 Å². The van der Waals surface area contributed by atoms with Crippen molar-refractivity contribution in [1.29, 1.82) is 0 Å². The predicted molar refractivity (Wildman–Crippen MR) is 475 cm³/mol. The molecule has 0 aliphatic rings. The van der Waals surface area contributed by atoms with Crippen LogP contribution in [-0.4, -0.2) is 58.1 Å². The van der Waals surface area contributed by atoms with Crippen LogP contribution in [0.3, 0.4) is 0 Å². The lowest BCUT2D eigenvalue weighted by atomic mass is 9.99. The zero-order chi connectivity index (χ0) is 75.6. The van der Waals surface area contributed by atoms with E-state index in [2.05, 4.69) is 257 Å². The van der Waals surface area contributed by atoms with E-state index >= 15 is 0 Å². The molecule has 0 saturated carbocycles. The highest BCUT2D eigenvalue weighted by atomic mass is 32.1. The summed E-state index contributed by atoms with van der Waals surface area (Å²) in [5.41, 5.74) is 29.6. The van der Waals surface area contributed by atoms with E-state index in [1.54, 1.807) is 34.0 Å². The van der Waals surface area contributed by atoms with Gasteiger partial charge in [0.05, 0.1) is 81.2 Å². The molecule has 0 unspecified atom stereocenters. The third kappa shape index (κ3) is 12.4. The molecule has 0 spiro atoms. The average Bonchev–Trinajstić information content (AvgIpc) is 1.58. The van der Waals surface area contributed by atoms with Gasteiger partial charge < -0.3 is 0 Å². The van der Waals surface area contributed by atoms with Crippen molar-refractivity contribution in [2.75, 3.05) is 0 Å². The fraction of sp³-hybridized carbons (Fsp3) is 0.